The third kappa shape index (κ3) is 3.43. The second kappa shape index (κ2) is 6.80. The Morgan fingerprint density at radius 1 is 1.32 bits per heavy atom. The Labute approximate surface area is 154 Å². The minimum absolute atomic E-state index is 0.0285. The summed E-state index contributed by atoms with van der Waals surface area (Å²) in [5.74, 6) is 0.124. The molecule has 2 aromatic carbocycles. The molecule has 1 atom stereocenters. The molecule has 0 saturated heterocycles. The Morgan fingerprint density at radius 2 is 2.04 bits per heavy atom. The van der Waals surface area contributed by atoms with Crippen molar-refractivity contribution in [1.82, 2.24) is 0 Å². The van der Waals surface area contributed by atoms with Gasteiger partial charge in [-0.2, -0.15) is 0 Å². The second-order valence-electron chi connectivity index (χ2n) is 7.30. The predicted octanol–water partition coefficient (Wildman–Crippen LogP) is 6.34. The summed E-state index contributed by atoms with van der Waals surface area (Å²) < 4.78 is 14.7. The van der Waals surface area contributed by atoms with Crippen molar-refractivity contribution in [3.05, 3.63) is 58.4 Å². The third-order valence-electron chi connectivity index (χ3n) is 5.02. The van der Waals surface area contributed by atoms with Crippen LogP contribution in [0.3, 0.4) is 0 Å². The van der Waals surface area contributed by atoms with E-state index in [9.17, 15) is 4.39 Å². The van der Waals surface area contributed by atoms with E-state index in [0.29, 0.717) is 22.2 Å². The molecule has 25 heavy (non-hydrogen) atoms. The highest BCUT2D eigenvalue weighted by Gasteiger charge is 2.36. The average molecular weight is 359 g/mol. The summed E-state index contributed by atoms with van der Waals surface area (Å²) in [6.45, 7) is 9.63. The van der Waals surface area contributed by atoms with Crippen molar-refractivity contribution in [3.8, 4) is 0 Å². The molecule has 4 heteroatoms. The fourth-order valence-corrected chi connectivity index (χ4v) is 4.10. The van der Waals surface area contributed by atoms with E-state index in [-0.39, 0.29) is 11.4 Å². The fraction of sp³-hybridized carbons (Fsp3) is 0.381. The topological polar surface area (TPSA) is 15.6 Å². The number of rotatable bonds is 3. The fourth-order valence-electron chi connectivity index (χ4n) is 3.91. The smallest absolute Gasteiger partial charge is 0.134 e. The summed E-state index contributed by atoms with van der Waals surface area (Å²) in [7, 11) is 0. The third-order valence-corrected chi connectivity index (χ3v) is 5.34. The number of para-hydroxylation sites is 1. The van der Waals surface area contributed by atoms with Crippen LogP contribution in [0.1, 0.15) is 51.2 Å². The Kier molecular flexibility index (Phi) is 4.88. The van der Waals surface area contributed by atoms with E-state index in [2.05, 4.69) is 37.6 Å². The molecule has 0 fully saturated rings. The number of nitrogens with zero attached hydrogens (tertiary/aromatic N) is 2. The quantitative estimate of drug-likeness (QED) is 0.584. The standard InChI is InChI=1S/C21H24ClFN2/c1-5-25-20-11-18(23)15(10-16(20)14(2)12-21(25,3)4)13-24-19-9-7-6-8-17(19)22/h6-11,13-14H,5,12H2,1-4H3. The SMILES string of the molecule is CCN1c2cc(F)c(C=Nc3ccccc3Cl)cc2C(C)CC1(C)C. The van der Waals surface area contributed by atoms with Crippen molar-refractivity contribution in [3.63, 3.8) is 0 Å². The lowest BCUT2D eigenvalue weighted by atomic mass is 9.79. The van der Waals surface area contributed by atoms with Crippen molar-refractivity contribution in [2.24, 2.45) is 4.99 Å². The first-order valence-corrected chi connectivity index (χ1v) is 9.11. The lowest BCUT2D eigenvalue weighted by Crippen LogP contribution is -2.48. The molecule has 1 aliphatic rings. The van der Waals surface area contributed by atoms with E-state index in [0.717, 1.165) is 18.7 Å². The first kappa shape index (κ1) is 17.9. The van der Waals surface area contributed by atoms with Crippen LogP contribution in [0.15, 0.2) is 41.4 Å². The Bertz CT molecular complexity index is 814. The zero-order valence-corrected chi connectivity index (χ0v) is 15.9. The van der Waals surface area contributed by atoms with Gasteiger partial charge in [0.2, 0.25) is 0 Å². The molecule has 1 aliphatic heterocycles. The van der Waals surface area contributed by atoms with E-state index in [4.69, 9.17) is 11.6 Å². The van der Waals surface area contributed by atoms with Crippen molar-refractivity contribution in [2.75, 3.05) is 11.4 Å². The van der Waals surface area contributed by atoms with Crippen LogP contribution in [0.5, 0.6) is 0 Å². The van der Waals surface area contributed by atoms with Crippen LogP contribution < -0.4 is 4.90 Å². The number of halogens is 2. The van der Waals surface area contributed by atoms with Gasteiger partial charge in [-0.3, -0.25) is 4.99 Å². The molecule has 2 nitrogen and oxygen atoms in total. The number of benzene rings is 2. The van der Waals surface area contributed by atoms with Gasteiger partial charge in [0.1, 0.15) is 5.82 Å². The van der Waals surface area contributed by atoms with Crippen LogP contribution in [-0.4, -0.2) is 18.3 Å². The maximum atomic E-state index is 14.7. The molecule has 0 aliphatic carbocycles. The van der Waals surface area contributed by atoms with Crippen LogP contribution >= 0.6 is 11.6 Å². The van der Waals surface area contributed by atoms with Gasteiger partial charge in [0.15, 0.2) is 0 Å². The number of fused-ring (bicyclic) bond motifs is 1. The zero-order valence-electron chi connectivity index (χ0n) is 15.2. The molecule has 0 saturated carbocycles. The molecule has 3 rings (SSSR count). The normalized spacial score (nSPS) is 19.3. The van der Waals surface area contributed by atoms with Crippen molar-refractivity contribution >= 4 is 29.2 Å². The summed E-state index contributed by atoms with van der Waals surface area (Å²) >= 11 is 6.12. The van der Waals surface area contributed by atoms with Gasteiger partial charge in [-0.1, -0.05) is 30.7 Å². The minimum Gasteiger partial charge on any atom is -0.366 e. The largest absolute Gasteiger partial charge is 0.366 e. The molecule has 1 heterocycles. The predicted molar refractivity (Wildman–Crippen MR) is 105 cm³/mol. The van der Waals surface area contributed by atoms with Gasteiger partial charge >= 0.3 is 0 Å². The highest BCUT2D eigenvalue weighted by atomic mass is 35.5. The Morgan fingerprint density at radius 3 is 2.72 bits per heavy atom. The van der Waals surface area contributed by atoms with Gasteiger partial charge in [0.05, 0.1) is 10.7 Å². The summed E-state index contributed by atoms with van der Waals surface area (Å²) in [6.07, 6.45) is 2.61. The van der Waals surface area contributed by atoms with E-state index in [1.54, 1.807) is 18.3 Å². The van der Waals surface area contributed by atoms with Crippen LogP contribution in [0.4, 0.5) is 15.8 Å². The molecule has 0 bridgehead atoms. The summed E-state index contributed by atoms with van der Waals surface area (Å²) in [5, 5.41) is 0.560. The second-order valence-corrected chi connectivity index (χ2v) is 7.71. The molecule has 2 aromatic rings. The molecule has 0 radical (unpaired) electrons. The van der Waals surface area contributed by atoms with Crippen LogP contribution in [0, 0.1) is 5.82 Å². The Balaban J connectivity index is 2.02. The molecule has 0 aromatic heterocycles. The van der Waals surface area contributed by atoms with Gasteiger partial charge < -0.3 is 4.90 Å². The summed E-state index contributed by atoms with van der Waals surface area (Å²) in [5.41, 5.74) is 3.36. The van der Waals surface area contributed by atoms with Crippen molar-refractivity contribution in [1.29, 1.82) is 0 Å². The van der Waals surface area contributed by atoms with Crippen LogP contribution in [-0.2, 0) is 0 Å². The van der Waals surface area contributed by atoms with Crippen molar-refractivity contribution < 1.29 is 4.39 Å². The molecular weight excluding hydrogens is 335 g/mol. The van der Waals surface area contributed by atoms with Crippen LogP contribution in [0.25, 0.3) is 0 Å². The summed E-state index contributed by atoms with van der Waals surface area (Å²) in [6, 6.07) is 10.9. The number of aliphatic imine (C=N–C) groups is 1. The van der Waals surface area contributed by atoms with Gasteiger partial charge in [0.25, 0.3) is 0 Å². The highest BCUT2D eigenvalue weighted by molar-refractivity contribution is 6.33. The number of hydrogen-bond acceptors (Lipinski definition) is 2. The van der Waals surface area contributed by atoms with E-state index in [1.807, 2.05) is 24.3 Å². The van der Waals surface area contributed by atoms with E-state index < -0.39 is 0 Å². The van der Waals surface area contributed by atoms with Gasteiger partial charge in [-0.25, -0.2) is 4.39 Å². The lowest BCUT2D eigenvalue weighted by molar-refractivity contribution is 0.380. The maximum absolute atomic E-state index is 14.7. The monoisotopic (exact) mass is 358 g/mol. The Hall–Kier alpha value is -1.87. The average Bonchev–Trinajstić information content (AvgIpc) is 2.54. The van der Waals surface area contributed by atoms with Gasteiger partial charge in [-0.05, 0) is 62.9 Å². The molecule has 1 unspecified atom stereocenters. The van der Waals surface area contributed by atoms with E-state index >= 15 is 0 Å². The maximum Gasteiger partial charge on any atom is 0.134 e. The molecule has 132 valence electrons. The molecule has 0 N–H and O–H groups in total. The summed E-state index contributed by atoms with van der Waals surface area (Å²) in [4.78, 5) is 6.66. The zero-order chi connectivity index (χ0) is 18.2. The number of anilines is 1. The van der Waals surface area contributed by atoms with Gasteiger partial charge in [-0.15, -0.1) is 0 Å². The minimum atomic E-state index is -0.252. The molecule has 0 spiro atoms. The highest BCUT2D eigenvalue weighted by Crippen LogP contribution is 2.43. The molecule has 0 amide bonds. The van der Waals surface area contributed by atoms with Gasteiger partial charge in [0, 0.05) is 29.5 Å². The number of hydrogen-bond donors (Lipinski definition) is 0. The van der Waals surface area contributed by atoms with E-state index in [1.165, 1.54) is 5.56 Å². The molecular formula is C21H24ClFN2. The lowest BCUT2D eigenvalue weighted by Gasteiger charge is -2.47. The first-order valence-electron chi connectivity index (χ1n) is 8.73. The first-order chi connectivity index (χ1) is 11.8. The van der Waals surface area contributed by atoms with Crippen LogP contribution in [0.2, 0.25) is 5.02 Å². The van der Waals surface area contributed by atoms with Crippen molar-refractivity contribution in [2.45, 2.75) is 45.6 Å².